The molecule has 0 spiro atoms. The average molecular weight is 359 g/mol. The fraction of sp³-hybridized carbons (Fsp3) is 0.214. The van der Waals surface area contributed by atoms with Gasteiger partial charge in [-0.1, -0.05) is 41.0 Å². The van der Waals surface area contributed by atoms with Crippen molar-refractivity contribution in [3.05, 3.63) is 50.4 Å². The highest BCUT2D eigenvalue weighted by atomic mass is 35.5. The molecule has 22 heavy (non-hydrogen) atoms. The zero-order valence-corrected chi connectivity index (χ0v) is 14.1. The van der Waals surface area contributed by atoms with E-state index in [0.29, 0.717) is 10.8 Å². The number of carbonyl (C=O) groups excluding carboxylic acids is 1. The van der Waals surface area contributed by atoms with Gasteiger partial charge in [0, 0.05) is 0 Å². The maximum absolute atomic E-state index is 12.7. The summed E-state index contributed by atoms with van der Waals surface area (Å²) in [6.45, 7) is 1.82. The van der Waals surface area contributed by atoms with Gasteiger partial charge in [-0.3, -0.25) is 9.36 Å². The van der Waals surface area contributed by atoms with Gasteiger partial charge in [-0.25, -0.2) is 9.78 Å². The molecule has 0 unspecified atom stereocenters. The van der Waals surface area contributed by atoms with E-state index in [2.05, 4.69) is 4.98 Å². The summed E-state index contributed by atoms with van der Waals surface area (Å²) < 4.78 is 6.09. The molecule has 1 aromatic carbocycles. The van der Waals surface area contributed by atoms with Crippen molar-refractivity contribution < 1.29 is 9.53 Å². The fourth-order valence-electron chi connectivity index (χ4n) is 1.83. The summed E-state index contributed by atoms with van der Waals surface area (Å²) in [5.41, 5.74) is -0.456. The first-order valence-corrected chi connectivity index (χ1v) is 8.26. The second-order valence-corrected chi connectivity index (χ2v) is 5.68. The Morgan fingerprint density at radius 2 is 2.00 bits per heavy atom. The first kappa shape index (κ1) is 16.9. The van der Waals surface area contributed by atoms with E-state index in [0.717, 1.165) is 0 Å². The Balaban J connectivity index is 2.77. The van der Waals surface area contributed by atoms with E-state index in [1.165, 1.54) is 22.5 Å². The van der Waals surface area contributed by atoms with Crippen molar-refractivity contribution in [3.8, 4) is 5.69 Å². The third-order valence-corrected chi connectivity index (χ3v) is 4.03. The Bertz CT molecular complexity index is 757. The third kappa shape index (κ3) is 3.14. The highest BCUT2D eigenvalue weighted by Gasteiger charge is 2.20. The highest BCUT2D eigenvalue weighted by molar-refractivity contribution is 7.98. The van der Waals surface area contributed by atoms with Gasteiger partial charge in [0.15, 0.2) is 5.16 Å². The van der Waals surface area contributed by atoms with Gasteiger partial charge in [0.2, 0.25) is 0 Å². The molecule has 0 aliphatic carbocycles. The molecule has 0 N–H and O–H groups in total. The summed E-state index contributed by atoms with van der Waals surface area (Å²) in [7, 11) is 0. The Kier molecular flexibility index (Phi) is 5.50. The quantitative estimate of drug-likeness (QED) is 0.476. The predicted octanol–water partition coefficient (Wildman–Crippen LogP) is 3.44. The minimum Gasteiger partial charge on any atom is -0.462 e. The van der Waals surface area contributed by atoms with Crippen LogP contribution < -0.4 is 5.56 Å². The minimum absolute atomic E-state index is 0.162. The number of ether oxygens (including phenoxy) is 1. The molecule has 0 fully saturated rings. The van der Waals surface area contributed by atoms with Crippen LogP contribution in [-0.2, 0) is 4.74 Å². The zero-order valence-electron chi connectivity index (χ0n) is 11.8. The smallest absolute Gasteiger partial charge is 0.345 e. The van der Waals surface area contributed by atoms with Crippen molar-refractivity contribution in [1.29, 1.82) is 0 Å². The molecule has 0 saturated heterocycles. The molecule has 5 nitrogen and oxygen atoms in total. The molecule has 0 aliphatic rings. The van der Waals surface area contributed by atoms with Crippen molar-refractivity contribution in [2.24, 2.45) is 0 Å². The van der Waals surface area contributed by atoms with E-state index in [1.807, 2.05) is 0 Å². The molecule has 0 aliphatic heterocycles. The summed E-state index contributed by atoms with van der Waals surface area (Å²) in [6, 6.07) is 4.88. The molecule has 116 valence electrons. The van der Waals surface area contributed by atoms with Gasteiger partial charge >= 0.3 is 5.97 Å². The van der Waals surface area contributed by atoms with E-state index in [4.69, 9.17) is 27.9 Å². The van der Waals surface area contributed by atoms with E-state index >= 15 is 0 Å². The predicted molar refractivity (Wildman–Crippen MR) is 87.6 cm³/mol. The maximum atomic E-state index is 12.7. The van der Waals surface area contributed by atoms with Gasteiger partial charge in [0.1, 0.15) is 5.56 Å². The van der Waals surface area contributed by atoms with Crippen molar-refractivity contribution in [2.75, 3.05) is 12.9 Å². The molecule has 8 heteroatoms. The van der Waals surface area contributed by atoms with Crippen LogP contribution in [0, 0.1) is 0 Å². The van der Waals surface area contributed by atoms with Gasteiger partial charge in [0.05, 0.1) is 28.5 Å². The molecule has 2 aromatic rings. The number of hydrogen-bond donors (Lipinski definition) is 0. The minimum atomic E-state index is -0.732. The van der Waals surface area contributed by atoms with Crippen LogP contribution in [-0.4, -0.2) is 28.4 Å². The van der Waals surface area contributed by atoms with Crippen LogP contribution in [0.25, 0.3) is 5.69 Å². The largest absolute Gasteiger partial charge is 0.462 e. The number of esters is 1. The number of rotatable bonds is 4. The molecule has 2 rings (SSSR count). The standard InChI is InChI=1S/C14H12Cl2N2O3S/c1-3-21-13(20)8-7-17-14(22-2)18(12(8)19)11-9(15)5-4-6-10(11)16/h4-7H,3H2,1-2H3. The molecule has 0 radical (unpaired) electrons. The first-order chi connectivity index (χ1) is 10.5. The number of thioether (sulfide) groups is 1. The SMILES string of the molecule is CCOC(=O)c1cnc(SC)n(-c2c(Cl)cccc2Cl)c1=O. The number of hydrogen-bond acceptors (Lipinski definition) is 5. The monoisotopic (exact) mass is 358 g/mol. The summed E-state index contributed by atoms with van der Waals surface area (Å²) >= 11 is 13.6. The maximum Gasteiger partial charge on any atom is 0.345 e. The lowest BCUT2D eigenvalue weighted by Crippen LogP contribution is -2.28. The second-order valence-electron chi connectivity index (χ2n) is 4.09. The lowest BCUT2D eigenvalue weighted by Gasteiger charge is -2.14. The van der Waals surface area contributed by atoms with E-state index in [9.17, 15) is 9.59 Å². The van der Waals surface area contributed by atoms with Gasteiger partial charge in [-0.2, -0.15) is 0 Å². The topological polar surface area (TPSA) is 61.2 Å². The van der Waals surface area contributed by atoms with E-state index < -0.39 is 11.5 Å². The molecule has 0 atom stereocenters. The zero-order chi connectivity index (χ0) is 16.3. The lowest BCUT2D eigenvalue weighted by atomic mass is 10.3. The average Bonchev–Trinajstić information content (AvgIpc) is 2.48. The van der Waals surface area contributed by atoms with Crippen molar-refractivity contribution >= 4 is 40.9 Å². The van der Waals surface area contributed by atoms with Crippen molar-refractivity contribution in [3.63, 3.8) is 0 Å². The Hall–Kier alpha value is -1.50. The third-order valence-electron chi connectivity index (χ3n) is 2.77. The van der Waals surface area contributed by atoms with Crippen LogP contribution >= 0.6 is 35.0 Å². The molecule has 0 bridgehead atoms. The molecule has 1 aromatic heterocycles. The van der Waals surface area contributed by atoms with Crippen molar-refractivity contribution in [1.82, 2.24) is 9.55 Å². The van der Waals surface area contributed by atoms with Gasteiger partial charge in [0.25, 0.3) is 5.56 Å². The fourth-order valence-corrected chi connectivity index (χ4v) is 2.91. The Labute approximate surface area is 141 Å². The Morgan fingerprint density at radius 3 is 2.55 bits per heavy atom. The van der Waals surface area contributed by atoms with Gasteiger partial charge < -0.3 is 4.74 Å². The van der Waals surface area contributed by atoms with E-state index in [-0.39, 0.29) is 22.2 Å². The number of halogens is 2. The Morgan fingerprint density at radius 1 is 1.36 bits per heavy atom. The summed E-state index contributed by atoms with van der Waals surface area (Å²) in [6.07, 6.45) is 2.96. The summed E-state index contributed by atoms with van der Waals surface area (Å²) in [5.74, 6) is -0.732. The van der Waals surface area contributed by atoms with Crippen LogP contribution in [0.1, 0.15) is 17.3 Å². The van der Waals surface area contributed by atoms with Crippen LogP contribution in [0.3, 0.4) is 0 Å². The van der Waals surface area contributed by atoms with Crippen molar-refractivity contribution in [2.45, 2.75) is 12.1 Å². The summed E-state index contributed by atoms with van der Waals surface area (Å²) in [4.78, 5) is 28.7. The second kappa shape index (κ2) is 7.17. The highest BCUT2D eigenvalue weighted by Crippen LogP contribution is 2.29. The number of para-hydroxylation sites is 1. The number of nitrogens with zero attached hydrogens (tertiary/aromatic N) is 2. The van der Waals surface area contributed by atoms with Gasteiger partial charge in [-0.05, 0) is 25.3 Å². The number of carbonyl (C=O) groups is 1. The first-order valence-electron chi connectivity index (χ1n) is 6.28. The number of aromatic nitrogens is 2. The molecule has 0 amide bonds. The lowest BCUT2D eigenvalue weighted by molar-refractivity contribution is 0.0523. The molecular weight excluding hydrogens is 347 g/mol. The van der Waals surface area contributed by atoms with Crippen LogP contribution in [0.2, 0.25) is 10.0 Å². The molecule has 0 saturated carbocycles. The molecule has 1 heterocycles. The summed E-state index contributed by atoms with van der Waals surface area (Å²) in [5, 5.41) is 0.938. The van der Waals surface area contributed by atoms with E-state index in [1.54, 1.807) is 31.4 Å². The van der Waals surface area contributed by atoms with Crippen LogP contribution in [0.4, 0.5) is 0 Å². The van der Waals surface area contributed by atoms with Gasteiger partial charge in [-0.15, -0.1) is 0 Å². The van der Waals surface area contributed by atoms with Crippen LogP contribution in [0.15, 0.2) is 34.3 Å². The normalized spacial score (nSPS) is 10.5. The number of benzene rings is 1. The molecular formula is C14H12Cl2N2O3S. The van der Waals surface area contributed by atoms with Crippen LogP contribution in [0.5, 0.6) is 0 Å².